The number of hydrogen-bond acceptors (Lipinski definition) is 4. The Hall–Kier alpha value is -2.73. The lowest BCUT2D eigenvalue weighted by molar-refractivity contribution is 0.0758. The van der Waals surface area contributed by atoms with E-state index in [1.807, 2.05) is 44.3 Å². The summed E-state index contributed by atoms with van der Waals surface area (Å²) in [5.74, 6) is -0.109. The average Bonchev–Trinajstić information content (AvgIpc) is 3.29. The molecule has 1 N–H and O–H groups in total. The standard InChI is InChI=1S/C21H24N4O2/c1-14(2)25-10-8-19(23-25)21(27)24-12-16(20(26)13-24)11-15-7-9-22-18-6-4-3-5-17(15)18/h3-10,14,16,20,26H,11-13H2,1-2H3/t16-,20-/m1/s1. The molecule has 4 rings (SSSR count). The van der Waals surface area contributed by atoms with E-state index >= 15 is 0 Å². The summed E-state index contributed by atoms with van der Waals surface area (Å²) in [6.07, 6.45) is 3.81. The first-order chi connectivity index (χ1) is 13.0. The summed E-state index contributed by atoms with van der Waals surface area (Å²) in [6.45, 7) is 4.93. The van der Waals surface area contributed by atoms with Crippen LogP contribution in [0.25, 0.3) is 10.9 Å². The summed E-state index contributed by atoms with van der Waals surface area (Å²) in [7, 11) is 0. The largest absolute Gasteiger partial charge is 0.391 e. The summed E-state index contributed by atoms with van der Waals surface area (Å²) >= 11 is 0. The van der Waals surface area contributed by atoms with Crippen LogP contribution in [0, 0.1) is 5.92 Å². The molecular formula is C21H24N4O2. The van der Waals surface area contributed by atoms with Gasteiger partial charge in [-0.25, -0.2) is 0 Å². The molecule has 1 aliphatic rings. The molecule has 1 aromatic carbocycles. The Kier molecular flexibility index (Phi) is 4.66. The fraction of sp³-hybridized carbons (Fsp3) is 0.381. The van der Waals surface area contributed by atoms with Crippen LogP contribution in [0.5, 0.6) is 0 Å². The SMILES string of the molecule is CC(C)n1ccc(C(=O)N2C[C@@H](Cc3ccnc4ccccc34)[C@H](O)C2)n1. The highest BCUT2D eigenvalue weighted by Gasteiger charge is 2.35. The van der Waals surface area contributed by atoms with Crippen molar-refractivity contribution < 1.29 is 9.90 Å². The van der Waals surface area contributed by atoms with Gasteiger partial charge in [-0.1, -0.05) is 18.2 Å². The van der Waals surface area contributed by atoms with Gasteiger partial charge < -0.3 is 10.0 Å². The number of aliphatic hydroxyl groups is 1. The maximum absolute atomic E-state index is 12.8. The van der Waals surface area contributed by atoms with Crippen LogP contribution < -0.4 is 0 Å². The number of pyridine rings is 1. The van der Waals surface area contributed by atoms with Crippen molar-refractivity contribution in [3.63, 3.8) is 0 Å². The molecule has 1 aliphatic heterocycles. The number of para-hydroxylation sites is 1. The van der Waals surface area contributed by atoms with Crippen LogP contribution in [0.2, 0.25) is 0 Å². The Balaban J connectivity index is 1.50. The highest BCUT2D eigenvalue weighted by molar-refractivity contribution is 5.92. The molecule has 1 saturated heterocycles. The Morgan fingerprint density at radius 2 is 2.04 bits per heavy atom. The molecule has 0 bridgehead atoms. The molecule has 0 saturated carbocycles. The van der Waals surface area contributed by atoms with Gasteiger partial charge in [0.05, 0.1) is 11.6 Å². The third-order valence-electron chi connectivity index (χ3n) is 5.27. The Morgan fingerprint density at radius 3 is 2.81 bits per heavy atom. The van der Waals surface area contributed by atoms with Gasteiger partial charge in [0.1, 0.15) is 5.69 Å². The lowest BCUT2D eigenvalue weighted by atomic mass is 9.94. The highest BCUT2D eigenvalue weighted by atomic mass is 16.3. The molecule has 2 aromatic heterocycles. The molecule has 3 aromatic rings. The minimum absolute atomic E-state index is 0.00643. The Morgan fingerprint density at radius 1 is 1.22 bits per heavy atom. The molecule has 3 heterocycles. The van der Waals surface area contributed by atoms with Crippen molar-refractivity contribution in [3.8, 4) is 0 Å². The van der Waals surface area contributed by atoms with Gasteiger partial charge in [0.2, 0.25) is 0 Å². The van der Waals surface area contributed by atoms with Crippen LogP contribution in [0.3, 0.4) is 0 Å². The third-order valence-corrected chi connectivity index (χ3v) is 5.27. The number of carbonyl (C=O) groups is 1. The molecular weight excluding hydrogens is 340 g/mol. The second-order valence-electron chi connectivity index (χ2n) is 7.50. The number of rotatable bonds is 4. The van der Waals surface area contributed by atoms with Crippen molar-refractivity contribution in [1.29, 1.82) is 0 Å². The number of aromatic nitrogens is 3. The molecule has 0 aliphatic carbocycles. The first-order valence-electron chi connectivity index (χ1n) is 9.38. The number of hydrogen-bond donors (Lipinski definition) is 1. The molecule has 6 heteroatoms. The zero-order valence-corrected chi connectivity index (χ0v) is 15.6. The quantitative estimate of drug-likeness (QED) is 0.773. The number of aliphatic hydroxyl groups excluding tert-OH is 1. The van der Waals surface area contributed by atoms with Crippen molar-refractivity contribution in [3.05, 3.63) is 60.0 Å². The third kappa shape index (κ3) is 3.45. The van der Waals surface area contributed by atoms with E-state index in [0.717, 1.165) is 16.5 Å². The fourth-order valence-electron chi connectivity index (χ4n) is 3.74. The lowest BCUT2D eigenvalue weighted by Crippen LogP contribution is -2.30. The topological polar surface area (TPSA) is 71.2 Å². The molecule has 1 fully saturated rings. The predicted molar refractivity (Wildman–Crippen MR) is 103 cm³/mol. The van der Waals surface area contributed by atoms with Crippen LogP contribution in [0.4, 0.5) is 0 Å². The van der Waals surface area contributed by atoms with Gasteiger partial charge in [-0.2, -0.15) is 5.10 Å². The monoisotopic (exact) mass is 364 g/mol. The molecule has 0 radical (unpaired) electrons. The van der Waals surface area contributed by atoms with Gasteiger partial charge in [-0.15, -0.1) is 0 Å². The van der Waals surface area contributed by atoms with Crippen molar-refractivity contribution in [2.75, 3.05) is 13.1 Å². The van der Waals surface area contributed by atoms with Crippen LogP contribution >= 0.6 is 0 Å². The summed E-state index contributed by atoms with van der Waals surface area (Å²) in [5.41, 5.74) is 2.54. The normalized spacial score (nSPS) is 19.9. The first kappa shape index (κ1) is 17.7. The van der Waals surface area contributed by atoms with Gasteiger partial charge in [-0.05, 0) is 44.0 Å². The predicted octanol–water partition coefficient (Wildman–Crippen LogP) is 2.69. The van der Waals surface area contributed by atoms with Crippen LogP contribution in [0.15, 0.2) is 48.8 Å². The maximum atomic E-state index is 12.8. The summed E-state index contributed by atoms with van der Waals surface area (Å²) in [6, 6.07) is 12.0. The molecule has 6 nitrogen and oxygen atoms in total. The van der Waals surface area contributed by atoms with Gasteiger partial charge in [0, 0.05) is 42.8 Å². The average molecular weight is 364 g/mol. The van der Waals surface area contributed by atoms with Crippen LogP contribution in [-0.2, 0) is 6.42 Å². The lowest BCUT2D eigenvalue weighted by Gasteiger charge is -2.16. The Labute approximate surface area is 158 Å². The molecule has 1 amide bonds. The van der Waals surface area contributed by atoms with E-state index in [4.69, 9.17) is 0 Å². The number of fused-ring (bicyclic) bond motifs is 1. The molecule has 140 valence electrons. The molecule has 27 heavy (non-hydrogen) atoms. The first-order valence-corrected chi connectivity index (χ1v) is 9.38. The van der Waals surface area contributed by atoms with Gasteiger partial charge in [0.25, 0.3) is 5.91 Å². The number of amides is 1. The molecule has 0 unspecified atom stereocenters. The summed E-state index contributed by atoms with van der Waals surface area (Å²) in [5, 5.41) is 16.0. The number of likely N-dealkylation sites (tertiary alicyclic amines) is 1. The number of β-amino-alcohol motifs (C(OH)–C–C–N with tert-alkyl or cyclic N) is 1. The van der Waals surface area contributed by atoms with Gasteiger partial charge in [0.15, 0.2) is 0 Å². The minimum Gasteiger partial charge on any atom is -0.391 e. The van der Waals surface area contributed by atoms with Crippen molar-refractivity contribution in [2.45, 2.75) is 32.4 Å². The van der Waals surface area contributed by atoms with Crippen LogP contribution in [0.1, 0.15) is 35.9 Å². The van der Waals surface area contributed by atoms with Crippen molar-refractivity contribution in [2.24, 2.45) is 5.92 Å². The zero-order chi connectivity index (χ0) is 19.0. The van der Waals surface area contributed by atoms with E-state index in [9.17, 15) is 9.90 Å². The highest BCUT2D eigenvalue weighted by Crippen LogP contribution is 2.26. The van der Waals surface area contributed by atoms with E-state index in [1.54, 1.807) is 21.8 Å². The summed E-state index contributed by atoms with van der Waals surface area (Å²) in [4.78, 5) is 18.9. The minimum atomic E-state index is -0.534. The van der Waals surface area contributed by atoms with E-state index < -0.39 is 6.10 Å². The van der Waals surface area contributed by atoms with E-state index in [0.29, 0.717) is 25.2 Å². The Bertz CT molecular complexity index is 960. The smallest absolute Gasteiger partial charge is 0.274 e. The summed E-state index contributed by atoms with van der Waals surface area (Å²) < 4.78 is 1.78. The molecule has 0 spiro atoms. The van der Waals surface area contributed by atoms with E-state index in [2.05, 4.69) is 16.1 Å². The zero-order valence-electron chi connectivity index (χ0n) is 15.6. The van der Waals surface area contributed by atoms with Crippen molar-refractivity contribution in [1.82, 2.24) is 19.7 Å². The van der Waals surface area contributed by atoms with Crippen molar-refractivity contribution >= 4 is 16.8 Å². The second-order valence-corrected chi connectivity index (χ2v) is 7.50. The number of carbonyl (C=O) groups excluding carboxylic acids is 1. The van der Waals surface area contributed by atoms with Gasteiger partial charge >= 0.3 is 0 Å². The van der Waals surface area contributed by atoms with E-state index in [-0.39, 0.29) is 17.9 Å². The number of nitrogens with zero attached hydrogens (tertiary/aromatic N) is 4. The maximum Gasteiger partial charge on any atom is 0.274 e. The van der Waals surface area contributed by atoms with E-state index in [1.165, 1.54) is 0 Å². The second kappa shape index (κ2) is 7.12. The van der Waals surface area contributed by atoms with Gasteiger partial charge in [-0.3, -0.25) is 14.5 Å². The van der Waals surface area contributed by atoms with Crippen LogP contribution in [-0.4, -0.2) is 49.9 Å². The molecule has 2 atom stereocenters. The fourth-order valence-corrected chi connectivity index (χ4v) is 3.74. The number of benzene rings is 1.